The highest BCUT2D eigenvalue weighted by atomic mass is 16.1. The van der Waals surface area contributed by atoms with Gasteiger partial charge in [0.25, 0.3) is 0 Å². The molecule has 29 heavy (non-hydrogen) atoms. The molecule has 0 aliphatic rings. The Balaban J connectivity index is 0.000000205. The second-order valence-corrected chi connectivity index (χ2v) is 6.30. The number of hydrogen-bond acceptors (Lipinski definition) is 4. The van der Waals surface area contributed by atoms with Crippen LogP contribution >= 0.6 is 0 Å². The normalized spacial score (nSPS) is 9.97. The minimum absolute atomic E-state index is 0. The number of benzene rings is 2. The van der Waals surface area contributed by atoms with Gasteiger partial charge in [-0.1, -0.05) is 45.2 Å². The number of hydrogen-bond donors (Lipinski definition) is 2. The lowest BCUT2D eigenvalue weighted by Crippen LogP contribution is -2.03. The lowest BCUT2D eigenvalue weighted by Gasteiger charge is -2.03. The number of anilines is 1. The van der Waals surface area contributed by atoms with Gasteiger partial charge in [0.1, 0.15) is 0 Å². The molecule has 5 aromatic rings. The summed E-state index contributed by atoms with van der Waals surface area (Å²) in [6.07, 6.45) is 3.49. The van der Waals surface area contributed by atoms with Crippen molar-refractivity contribution in [2.24, 2.45) is 0 Å². The standard InChI is InChI=1S/C13H10N2O.C9H8N2.2CH4/c1-8-7-11(16)10-5-4-9-3-2-6-14-12(9)13(10)15-8;10-8-5-1-3-7-4-2-6-11-9(7)8;;/h2-7H,1H3,(H,15,16);1-6H,10H2;2*1H4. The van der Waals surface area contributed by atoms with Crippen molar-refractivity contribution in [2.45, 2.75) is 21.8 Å². The highest BCUT2D eigenvalue weighted by molar-refractivity contribution is 6.02. The monoisotopic (exact) mass is 386 g/mol. The number of nitrogens with one attached hydrogen (secondary N) is 1. The SMILES string of the molecule is C.C.Cc1cc(=O)c2ccc3cccnc3c2[nH]1.Nc1cccc2cccnc12. The summed E-state index contributed by atoms with van der Waals surface area (Å²) in [5.74, 6) is 0. The highest BCUT2D eigenvalue weighted by Gasteiger charge is 2.04. The molecule has 2 aromatic carbocycles. The third-order valence-electron chi connectivity index (χ3n) is 4.37. The number of nitrogen functional groups attached to an aromatic ring is 1. The van der Waals surface area contributed by atoms with Crippen LogP contribution in [-0.2, 0) is 0 Å². The molecule has 5 rings (SSSR count). The van der Waals surface area contributed by atoms with Crippen molar-refractivity contribution < 1.29 is 0 Å². The third kappa shape index (κ3) is 4.24. The molecule has 148 valence electrons. The minimum atomic E-state index is 0. The van der Waals surface area contributed by atoms with Gasteiger partial charge in [-0.25, -0.2) is 0 Å². The van der Waals surface area contributed by atoms with Crippen molar-refractivity contribution in [3.63, 3.8) is 0 Å². The molecule has 0 atom stereocenters. The van der Waals surface area contributed by atoms with E-state index in [-0.39, 0.29) is 20.3 Å². The third-order valence-corrected chi connectivity index (χ3v) is 4.37. The minimum Gasteiger partial charge on any atom is -0.397 e. The van der Waals surface area contributed by atoms with Gasteiger partial charge in [0, 0.05) is 40.3 Å². The van der Waals surface area contributed by atoms with Crippen LogP contribution < -0.4 is 11.2 Å². The molecule has 3 heterocycles. The predicted octanol–water partition coefficient (Wildman–Crippen LogP) is 5.47. The summed E-state index contributed by atoms with van der Waals surface area (Å²) in [6, 6.07) is 18.9. The fraction of sp³-hybridized carbons (Fsp3) is 0.125. The lowest BCUT2D eigenvalue weighted by molar-refractivity contribution is 1.24. The second kappa shape index (κ2) is 8.97. The van der Waals surface area contributed by atoms with Crippen LogP contribution in [0.2, 0.25) is 0 Å². The summed E-state index contributed by atoms with van der Waals surface area (Å²) in [5, 5.41) is 2.82. The fourth-order valence-electron chi connectivity index (χ4n) is 3.11. The molecular formula is C24H26N4O. The number of aromatic nitrogens is 3. The number of aryl methyl sites for hydroxylation is 1. The number of para-hydroxylation sites is 1. The van der Waals surface area contributed by atoms with Gasteiger partial charge in [0.05, 0.1) is 22.2 Å². The zero-order chi connectivity index (χ0) is 18.8. The molecular weight excluding hydrogens is 360 g/mol. The molecule has 5 heteroatoms. The molecule has 0 unspecified atom stereocenters. The first-order chi connectivity index (χ1) is 13.1. The van der Waals surface area contributed by atoms with E-state index >= 15 is 0 Å². The van der Waals surface area contributed by atoms with E-state index in [1.54, 1.807) is 18.5 Å². The van der Waals surface area contributed by atoms with E-state index in [1.165, 1.54) is 0 Å². The molecule has 0 saturated carbocycles. The summed E-state index contributed by atoms with van der Waals surface area (Å²) < 4.78 is 0. The van der Waals surface area contributed by atoms with Gasteiger partial charge in [-0.05, 0) is 31.2 Å². The first-order valence-corrected chi connectivity index (χ1v) is 8.60. The Morgan fingerprint density at radius 2 is 1.45 bits per heavy atom. The molecule has 0 spiro atoms. The molecule has 0 aliphatic heterocycles. The van der Waals surface area contributed by atoms with Crippen LogP contribution in [0.25, 0.3) is 32.7 Å². The van der Waals surface area contributed by atoms with E-state index in [0.717, 1.165) is 38.7 Å². The number of aromatic amines is 1. The van der Waals surface area contributed by atoms with Gasteiger partial charge in [0.2, 0.25) is 0 Å². The number of fused-ring (bicyclic) bond motifs is 4. The van der Waals surface area contributed by atoms with Gasteiger partial charge in [-0.2, -0.15) is 0 Å². The van der Waals surface area contributed by atoms with Crippen LogP contribution in [0.4, 0.5) is 5.69 Å². The number of pyridine rings is 3. The van der Waals surface area contributed by atoms with E-state index < -0.39 is 0 Å². The summed E-state index contributed by atoms with van der Waals surface area (Å²) in [7, 11) is 0. The average molecular weight is 386 g/mol. The Kier molecular flexibility index (Phi) is 6.67. The van der Waals surface area contributed by atoms with Crippen LogP contribution in [0.5, 0.6) is 0 Å². The Labute approximate surface area is 170 Å². The number of H-pyrrole nitrogens is 1. The highest BCUT2D eigenvalue weighted by Crippen LogP contribution is 2.19. The van der Waals surface area contributed by atoms with Crippen molar-refractivity contribution in [1.82, 2.24) is 15.0 Å². The molecule has 5 nitrogen and oxygen atoms in total. The molecule has 0 radical (unpaired) electrons. The quantitative estimate of drug-likeness (QED) is 0.273. The topological polar surface area (TPSA) is 84.7 Å². The lowest BCUT2D eigenvalue weighted by atomic mass is 10.1. The molecule has 3 aromatic heterocycles. The average Bonchev–Trinajstić information content (AvgIpc) is 2.69. The van der Waals surface area contributed by atoms with Crippen molar-refractivity contribution in [1.29, 1.82) is 0 Å². The van der Waals surface area contributed by atoms with Crippen LogP contribution in [0.15, 0.2) is 77.9 Å². The molecule has 0 saturated heterocycles. The number of nitrogens with two attached hydrogens (primary N) is 1. The van der Waals surface area contributed by atoms with Gasteiger partial charge in [-0.3, -0.25) is 14.8 Å². The molecule has 0 amide bonds. The van der Waals surface area contributed by atoms with Crippen LogP contribution in [0, 0.1) is 6.92 Å². The predicted molar refractivity (Wildman–Crippen MR) is 124 cm³/mol. The van der Waals surface area contributed by atoms with Crippen molar-refractivity contribution >= 4 is 38.4 Å². The maximum Gasteiger partial charge on any atom is 0.189 e. The smallest absolute Gasteiger partial charge is 0.189 e. The summed E-state index contributed by atoms with van der Waals surface area (Å²) >= 11 is 0. The second-order valence-electron chi connectivity index (χ2n) is 6.30. The maximum atomic E-state index is 11.8. The Hall–Kier alpha value is -3.73. The van der Waals surface area contributed by atoms with E-state index in [2.05, 4.69) is 15.0 Å². The Morgan fingerprint density at radius 3 is 2.14 bits per heavy atom. The van der Waals surface area contributed by atoms with Crippen molar-refractivity contribution in [2.75, 3.05) is 5.73 Å². The fourth-order valence-corrected chi connectivity index (χ4v) is 3.11. The van der Waals surface area contributed by atoms with Crippen LogP contribution in [0.1, 0.15) is 20.5 Å². The van der Waals surface area contributed by atoms with E-state index in [0.29, 0.717) is 5.39 Å². The number of rotatable bonds is 0. The van der Waals surface area contributed by atoms with Gasteiger partial charge in [0.15, 0.2) is 5.43 Å². The Bertz CT molecular complexity index is 1320. The van der Waals surface area contributed by atoms with Gasteiger partial charge in [-0.15, -0.1) is 0 Å². The first kappa shape index (κ1) is 21.6. The summed E-state index contributed by atoms with van der Waals surface area (Å²) in [5.41, 5.74) is 9.88. The molecule has 0 aliphatic carbocycles. The Morgan fingerprint density at radius 1 is 0.828 bits per heavy atom. The molecule has 0 fully saturated rings. The van der Waals surface area contributed by atoms with Crippen LogP contribution in [-0.4, -0.2) is 15.0 Å². The largest absolute Gasteiger partial charge is 0.397 e. The van der Waals surface area contributed by atoms with Gasteiger partial charge >= 0.3 is 0 Å². The van der Waals surface area contributed by atoms with Crippen molar-refractivity contribution in [3.8, 4) is 0 Å². The van der Waals surface area contributed by atoms with Crippen LogP contribution in [0.3, 0.4) is 0 Å². The summed E-state index contributed by atoms with van der Waals surface area (Å²) in [4.78, 5) is 23.5. The van der Waals surface area contributed by atoms with E-state index in [1.807, 2.05) is 61.5 Å². The summed E-state index contributed by atoms with van der Waals surface area (Å²) in [6.45, 7) is 1.88. The van der Waals surface area contributed by atoms with Gasteiger partial charge < -0.3 is 10.7 Å². The zero-order valence-corrected chi connectivity index (χ0v) is 14.8. The molecule has 0 bridgehead atoms. The zero-order valence-electron chi connectivity index (χ0n) is 14.8. The van der Waals surface area contributed by atoms with Crippen molar-refractivity contribution in [3.05, 3.63) is 89.0 Å². The van der Waals surface area contributed by atoms with E-state index in [9.17, 15) is 4.79 Å². The maximum absolute atomic E-state index is 11.8. The number of nitrogens with zero attached hydrogens (tertiary/aromatic N) is 2. The molecule has 3 N–H and O–H groups in total. The van der Waals surface area contributed by atoms with E-state index in [4.69, 9.17) is 5.73 Å². The first-order valence-electron chi connectivity index (χ1n) is 8.60.